The molecule has 2 amide bonds. The third kappa shape index (κ3) is 5.31. The molecule has 2 aromatic carbocycles. The van der Waals surface area contributed by atoms with E-state index in [-0.39, 0.29) is 30.1 Å². The number of carbonyl (C=O) groups excluding carboxylic acids is 2. The highest BCUT2D eigenvalue weighted by atomic mass is 35.5. The fraction of sp³-hybridized carbons (Fsp3) is 0.250. The molecule has 0 bridgehead atoms. The second-order valence-corrected chi connectivity index (χ2v) is 6.97. The van der Waals surface area contributed by atoms with E-state index in [1.165, 1.54) is 0 Å². The van der Waals surface area contributed by atoms with Gasteiger partial charge in [-0.25, -0.2) is 0 Å². The summed E-state index contributed by atoms with van der Waals surface area (Å²) in [5.74, 6) is -1.35. The Balaban J connectivity index is 1.51. The van der Waals surface area contributed by atoms with Crippen LogP contribution >= 0.6 is 11.6 Å². The minimum absolute atomic E-state index is 0.0353. The molecular formula is C20H19ClN2O4. The Morgan fingerprint density at radius 1 is 1.11 bits per heavy atom. The van der Waals surface area contributed by atoms with Gasteiger partial charge in [-0.2, -0.15) is 0 Å². The summed E-state index contributed by atoms with van der Waals surface area (Å²) in [5, 5.41) is 14.4. The predicted molar refractivity (Wildman–Crippen MR) is 102 cm³/mol. The van der Waals surface area contributed by atoms with Gasteiger partial charge < -0.3 is 15.7 Å². The molecule has 2 aromatic rings. The second kappa shape index (κ2) is 8.22. The van der Waals surface area contributed by atoms with Crippen LogP contribution in [0.1, 0.15) is 23.5 Å². The van der Waals surface area contributed by atoms with Gasteiger partial charge in [0.2, 0.25) is 11.8 Å². The molecule has 6 nitrogen and oxygen atoms in total. The Morgan fingerprint density at radius 2 is 1.85 bits per heavy atom. The normalized spacial score (nSPS) is 17.8. The summed E-state index contributed by atoms with van der Waals surface area (Å²) in [7, 11) is 0. The van der Waals surface area contributed by atoms with Crippen LogP contribution in [0.25, 0.3) is 0 Å². The Hall–Kier alpha value is -2.86. The van der Waals surface area contributed by atoms with Crippen molar-refractivity contribution in [3.05, 3.63) is 64.7 Å². The number of anilines is 1. The van der Waals surface area contributed by atoms with Gasteiger partial charge in [0.25, 0.3) is 0 Å². The first-order valence-electron chi connectivity index (χ1n) is 8.56. The molecule has 0 aliphatic heterocycles. The van der Waals surface area contributed by atoms with Crippen LogP contribution in [0, 0.1) is 5.92 Å². The number of amides is 2. The first-order chi connectivity index (χ1) is 12.9. The summed E-state index contributed by atoms with van der Waals surface area (Å²) in [4.78, 5) is 34.4. The molecule has 27 heavy (non-hydrogen) atoms. The molecule has 1 aliphatic rings. The number of carboxylic acid groups (broad SMARTS) is 1. The lowest BCUT2D eigenvalue weighted by Crippen LogP contribution is -2.30. The van der Waals surface area contributed by atoms with Crippen LogP contribution in [0.5, 0.6) is 0 Å². The molecule has 1 saturated carbocycles. The van der Waals surface area contributed by atoms with Crippen molar-refractivity contribution >= 4 is 35.1 Å². The molecule has 3 N–H and O–H groups in total. The number of halogens is 1. The lowest BCUT2D eigenvalue weighted by molar-refractivity contribution is -0.137. The van der Waals surface area contributed by atoms with Crippen molar-refractivity contribution < 1.29 is 19.5 Å². The number of hydrogen-bond acceptors (Lipinski definition) is 3. The minimum atomic E-state index is -1.09. The molecule has 1 fully saturated rings. The molecule has 0 heterocycles. The monoisotopic (exact) mass is 386 g/mol. The van der Waals surface area contributed by atoms with E-state index in [1.807, 2.05) is 24.3 Å². The summed E-state index contributed by atoms with van der Waals surface area (Å²) < 4.78 is 0. The summed E-state index contributed by atoms with van der Waals surface area (Å²) in [6, 6.07) is 14.5. The average molecular weight is 387 g/mol. The van der Waals surface area contributed by atoms with Crippen LogP contribution in [0.3, 0.4) is 0 Å². The van der Waals surface area contributed by atoms with Crippen LogP contribution in [-0.2, 0) is 20.8 Å². The average Bonchev–Trinajstić information content (AvgIpc) is 3.43. The smallest absolute Gasteiger partial charge is 0.322 e. The zero-order valence-corrected chi connectivity index (χ0v) is 15.2. The van der Waals surface area contributed by atoms with E-state index in [9.17, 15) is 14.4 Å². The summed E-state index contributed by atoms with van der Waals surface area (Å²) in [6.07, 6.45) is 0.884. The van der Waals surface area contributed by atoms with Gasteiger partial charge in [0, 0.05) is 16.6 Å². The molecular weight excluding hydrogens is 368 g/mol. The molecule has 0 spiro atoms. The van der Waals surface area contributed by atoms with E-state index in [2.05, 4.69) is 10.6 Å². The fourth-order valence-corrected chi connectivity index (χ4v) is 3.15. The van der Waals surface area contributed by atoms with Crippen molar-refractivity contribution in [3.63, 3.8) is 0 Å². The first kappa shape index (κ1) is 18.9. The van der Waals surface area contributed by atoms with Crippen LogP contribution in [-0.4, -0.2) is 29.4 Å². The largest absolute Gasteiger partial charge is 0.480 e. The maximum Gasteiger partial charge on any atom is 0.322 e. The van der Waals surface area contributed by atoms with E-state index >= 15 is 0 Å². The second-order valence-electron chi connectivity index (χ2n) is 6.54. The number of hydrogen-bond donors (Lipinski definition) is 3. The van der Waals surface area contributed by atoms with Crippen molar-refractivity contribution in [2.75, 3.05) is 11.9 Å². The number of nitrogens with one attached hydrogen (secondary N) is 2. The molecule has 2 atom stereocenters. The third-order valence-corrected chi connectivity index (χ3v) is 4.66. The predicted octanol–water partition coefficient (Wildman–Crippen LogP) is 2.83. The van der Waals surface area contributed by atoms with Crippen LogP contribution in [0.15, 0.2) is 48.5 Å². The first-order valence-corrected chi connectivity index (χ1v) is 8.94. The van der Waals surface area contributed by atoms with Crippen molar-refractivity contribution in [2.24, 2.45) is 5.92 Å². The van der Waals surface area contributed by atoms with Crippen LogP contribution < -0.4 is 10.6 Å². The van der Waals surface area contributed by atoms with Crippen LogP contribution in [0.4, 0.5) is 5.69 Å². The van der Waals surface area contributed by atoms with E-state index in [1.54, 1.807) is 24.3 Å². The Bertz CT molecular complexity index is 867. The van der Waals surface area contributed by atoms with Crippen molar-refractivity contribution in [1.29, 1.82) is 0 Å². The standard InChI is InChI=1S/C20H19ClN2O4/c21-14-3-1-2-13(9-14)16-10-17(16)20(27)23-15-6-4-12(5-7-15)8-18(24)22-11-19(25)26/h1-7,9,16-17H,8,10-11H2,(H,22,24)(H,23,27)(H,25,26). The number of rotatable bonds is 7. The van der Waals surface area contributed by atoms with E-state index in [0.717, 1.165) is 17.5 Å². The van der Waals surface area contributed by atoms with Crippen LogP contribution in [0.2, 0.25) is 5.02 Å². The Labute approximate surface area is 161 Å². The minimum Gasteiger partial charge on any atom is -0.480 e. The van der Waals surface area contributed by atoms with Gasteiger partial charge in [0.05, 0.1) is 6.42 Å². The number of benzene rings is 2. The van der Waals surface area contributed by atoms with Gasteiger partial charge in [-0.15, -0.1) is 0 Å². The molecule has 140 valence electrons. The van der Waals surface area contributed by atoms with Gasteiger partial charge in [-0.3, -0.25) is 14.4 Å². The topological polar surface area (TPSA) is 95.5 Å². The van der Waals surface area contributed by atoms with Gasteiger partial charge in [0.1, 0.15) is 6.54 Å². The van der Waals surface area contributed by atoms with E-state index in [4.69, 9.17) is 16.7 Å². The zero-order chi connectivity index (χ0) is 19.4. The molecule has 2 unspecified atom stereocenters. The van der Waals surface area contributed by atoms with Gasteiger partial charge in [-0.05, 0) is 47.7 Å². The summed E-state index contributed by atoms with van der Waals surface area (Å²) in [6.45, 7) is -0.401. The fourth-order valence-electron chi connectivity index (χ4n) is 2.95. The highest BCUT2D eigenvalue weighted by Gasteiger charge is 2.43. The third-order valence-electron chi connectivity index (χ3n) is 4.43. The SMILES string of the molecule is O=C(O)CNC(=O)Cc1ccc(NC(=O)C2CC2c2cccc(Cl)c2)cc1. The quantitative estimate of drug-likeness (QED) is 0.681. The van der Waals surface area contributed by atoms with Crippen molar-refractivity contribution in [2.45, 2.75) is 18.8 Å². The Kier molecular flexibility index (Phi) is 5.76. The number of carbonyl (C=O) groups is 3. The van der Waals surface area contributed by atoms with Gasteiger partial charge in [0.15, 0.2) is 0 Å². The lowest BCUT2D eigenvalue weighted by atomic mass is 10.1. The van der Waals surface area contributed by atoms with E-state index < -0.39 is 12.5 Å². The lowest BCUT2D eigenvalue weighted by Gasteiger charge is -2.07. The van der Waals surface area contributed by atoms with Gasteiger partial charge >= 0.3 is 5.97 Å². The molecule has 3 rings (SSSR count). The number of carboxylic acids is 1. The highest BCUT2D eigenvalue weighted by Crippen LogP contribution is 2.48. The zero-order valence-electron chi connectivity index (χ0n) is 14.4. The summed E-state index contributed by atoms with van der Waals surface area (Å²) in [5.41, 5.74) is 2.47. The van der Waals surface area contributed by atoms with Gasteiger partial charge in [-0.1, -0.05) is 35.9 Å². The van der Waals surface area contributed by atoms with Crippen molar-refractivity contribution in [1.82, 2.24) is 5.32 Å². The van der Waals surface area contributed by atoms with E-state index in [0.29, 0.717) is 10.7 Å². The molecule has 7 heteroatoms. The maximum absolute atomic E-state index is 12.4. The van der Waals surface area contributed by atoms with Crippen molar-refractivity contribution in [3.8, 4) is 0 Å². The maximum atomic E-state index is 12.4. The molecule has 0 saturated heterocycles. The highest BCUT2D eigenvalue weighted by molar-refractivity contribution is 6.30. The Morgan fingerprint density at radius 3 is 2.52 bits per heavy atom. The number of aliphatic carboxylic acids is 1. The molecule has 0 aromatic heterocycles. The summed E-state index contributed by atoms with van der Waals surface area (Å²) >= 11 is 6.00. The molecule has 1 aliphatic carbocycles. The molecule has 0 radical (unpaired) electrons.